The predicted octanol–water partition coefficient (Wildman–Crippen LogP) is 4.12. The first kappa shape index (κ1) is 14.4. The average Bonchev–Trinajstić information content (AvgIpc) is 2.42. The molecule has 0 aliphatic carbocycles. The van der Waals surface area contributed by atoms with Gasteiger partial charge in [0.05, 0.1) is 11.0 Å². The maximum absolute atomic E-state index is 13.0. The fraction of sp³-hybridized carbons (Fsp3) is 0.154. The molecule has 0 aliphatic rings. The van der Waals surface area contributed by atoms with Gasteiger partial charge in [0, 0.05) is 17.1 Å². The lowest BCUT2D eigenvalue weighted by molar-refractivity contribution is -0.385. The average molecular weight is 341 g/mol. The highest BCUT2D eigenvalue weighted by Crippen LogP contribution is 2.32. The second-order valence-corrected chi connectivity index (χ2v) is 4.63. The van der Waals surface area contributed by atoms with E-state index in [1.54, 1.807) is 13.1 Å². The number of rotatable bonds is 4. The van der Waals surface area contributed by atoms with E-state index in [1.807, 2.05) is 6.07 Å². The third-order valence-electron chi connectivity index (χ3n) is 2.57. The lowest BCUT2D eigenvalue weighted by Crippen LogP contribution is -1.97. The highest BCUT2D eigenvalue weighted by Gasteiger charge is 2.18. The van der Waals surface area contributed by atoms with Crippen LogP contribution in [0.2, 0.25) is 0 Å². The standard InChI is InChI=1S/C13H10BrFN2O3/c1-8-4-9(6-14)7-16-13(8)20-12-3-2-10(15)5-11(12)17(18)19/h2-5,7H,6H2,1H3. The molecule has 0 radical (unpaired) electrons. The minimum Gasteiger partial charge on any atom is -0.432 e. The van der Waals surface area contributed by atoms with Gasteiger partial charge in [0.1, 0.15) is 5.82 Å². The fourth-order valence-electron chi connectivity index (χ4n) is 1.62. The molecule has 0 saturated heterocycles. The minimum atomic E-state index is -0.694. The van der Waals surface area contributed by atoms with Crippen molar-refractivity contribution in [3.8, 4) is 11.6 Å². The van der Waals surface area contributed by atoms with Gasteiger partial charge in [0.25, 0.3) is 0 Å². The zero-order chi connectivity index (χ0) is 14.7. The second kappa shape index (κ2) is 5.96. The van der Waals surface area contributed by atoms with E-state index in [2.05, 4.69) is 20.9 Å². The van der Waals surface area contributed by atoms with Crippen LogP contribution in [-0.2, 0) is 5.33 Å². The largest absolute Gasteiger partial charge is 0.432 e. The van der Waals surface area contributed by atoms with Gasteiger partial charge in [0.2, 0.25) is 11.6 Å². The van der Waals surface area contributed by atoms with Gasteiger partial charge < -0.3 is 4.74 Å². The van der Waals surface area contributed by atoms with Crippen LogP contribution in [-0.4, -0.2) is 9.91 Å². The molecule has 0 spiro atoms. The van der Waals surface area contributed by atoms with E-state index >= 15 is 0 Å². The van der Waals surface area contributed by atoms with Crippen LogP contribution in [0.15, 0.2) is 30.5 Å². The first-order valence-electron chi connectivity index (χ1n) is 5.64. The van der Waals surface area contributed by atoms with Crippen LogP contribution in [0, 0.1) is 22.9 Å². The molecule has 0 amide bonds. The summed E-state index contributed by atoms with van der Waals surface area (Å²) in [5, 5.41) is 11.5. The number of aryl methyl sites for hydroxylation is 1. The molecule has 0 fully saturated rings. The van der Waals surface area contributed by atoms with Crippen molar-refractivity contribution in [2.45, 2.75) is 12.3 Å². The second-order valence-electron chi connectivity index (χ2n) is 4.07. The van der Waals surface area contributed by atoms with Gasteiger partial charge in [-0.2, -0.15) is 0 Å². The number of nitrogens with zero attached hydrogens (tertiary/aromatic N) is 2. The number of benzene rings is 1. The summed E-state index contributed by atoms with van der Waals surface area (Å²) in [5.41, 5.74) is 1.26. The van der Waals surface area contributed by atoms with E-state index < -0.39 is 16.4 Å². The van der Waals surface area contributed by atoms with Crippen molar-refractivity contribution in [3.05, 3.63) is 57.5 Å². The Labute approximate surface area is 122 Å². The number of hydrogen-bond acceptors (Lipinski definition) is 4. The van der Waals surface area contributed by atoms with Gasteiger partial charge in [-0.3, -0.25) is 10.1 Å². The highest BCUT2D eigenvalue weighted by molar-refractivity contribution is 9.08. The van der Waals surface area contributed by atoms with Crippen LogP contribution in [0.4, 0.5) is 10.1 Å². The van der Waals surface area contributed by atoms with Crippen LogP contribution < -0.4 is 4.74 Å². The zero-order valence-electron chi connectivity index (χ0n) is 10.5. The summed E-state index contributed by atoms with van der Waals surface area (Å²) in [5.74, 6) is -0.480. The molecular weight excluding hydrogens is 331 g/mol. The number of halogens is 2. The van der Waals surface area contributed by atoms with Gasteiger partial charge in [-0.05, 0) is 30.7 Å². The number of aromatic nitrogens is 1. The summed E-state index contributed by atoms with van der Waals surface area (Å²) >= 11 is 3.31. The Morgan fingerprint density at radius 1 is 1.45 bits per heavy atom. The third kappa shape index (κ3) is 3.11. The molecule has 5 nitrogen and oxygen atoms in total. The third-order valence-corrected chi connectivity index (χ3v) is 3.21. The molecule has 1 aromatic heterocycles. The molecule has 0 aliphatic heterocycles. The Hall–Kier alpha value is -2.02. The Balaban J connectivity index is 2.37. The molecule has 1 heterocycles. The summed E-state index contributed by atoms with van der Waals surface area (Å²) in [4.78, 5) is 14.3. The van der Waals surface area contributed by atoms with Crippen molar-refractivity contribution in [2.24, 2.45) is 0 Å². The zero-order valence-corrected chi connectivity index (χ0v) is 12.1. The number of alkyl halides is 1. The number of ether oxygens (including phenoxy) is 1. The maximum atomic E-state index is 13.0. The van der Waals surface area contributed by atoms with E-state index in [-0.39, 0.29) is 11.6 Å². The normalized spacial score (nSPS) is 10.3. The number of hydrogen-bond donors (Lipinski definition) is 0. The Kier molecular flexibility index (Phi) is 4.29. The van der Waals surface area contributed by atoms with Crippen molar-refractivity contribution < 1.29 is 14.1 Å². The first-order valence-corrected chi connectivity index (χ1v) is 6.76. The van der Waals surface area contributed by atoms with E-state index in [9.17, 15) is 14.5 Å². The van der Waals surface area contributed by atoms with Crippen LogP contribution in [0.25, 0.3) is 0 Å². The van der Waals surface area contributed by atoms with Gasteiger partial charge in [-0.15, -0.1) is 0 Å². The van der Waals surface area contributed by atoms with Crippen LogP contribution in [0.5, 0.6) is 11.6 Å². The molecule has 7 heteroatoms. The highest BCUT2D eigenvalue weighted by atomic mass is 79.9. The summed E-state index contributed by atoms with van der Waals surface area (Å²) in [6.07, 6.45) is 1.60. The van der Waals surface area contributed by atoms with E-state index in [0.717, 1.165) is 23.3 Å². The molecule has 0 atom stereocenters. The molecule has 2 aromatic rings. The van der Waals surface area contributed by atoms with Crippen LogP contribution in [0.3, 0.4) is 0 Å². The predicted molar refractivity (Wildman–Crippen MR) is 74.7 cm³/mol. The maximum Gasteiger partial charge on any atom is 0.314 e. The summed E-state index contributed by atoms with van der Waals surface area (Å²) in [7, 11) is 0. The molecule has 1 aromatic carbocycles. The van der Waals surface area contributed by atoms with Gasteiger partial charge in [-0.1, -0.05) is 15.9 Å². The van der Waals surface area contributed by atoms with E-state index in [4.69, 9.17) is 4.74 Å². The molecule has 0 unspecified atom stereocenters. The number of pyridine rings is 1. The van der Waals surface area contributed by atoms with Crippen LogP contribution >= 0.6 is 15.9 Å². The van der Waals surface area contributed by atoms with Crippen molar-refractivity contribution in [3.63, 3.8) is 0 Å². The van der Waals surface area contributed by atoms with E-state index in [0.29, 0.717) is 5.33 Å². The Bertz CT molecular complexity index is 664. The van der Waals surface area contributed by atoms with Crippen LogP contribution in [0.1, 0.15) is 11.1 Å². The summed E-state index contributed by atoms with van der Waals surface area (Å²) < 4.78 is 18.5. The van der Waals surface area contributed by atoms with Crippen molar-refractivity contribution in [2.75, 3.05) is 0 Å². The lowest BCUT2D eigenvalue weighted by Gasteiger charge is -2.08. The summed E-state index contributed by atoms with van der Waals surface area (Å²) in [6, 6.07) is 4.99. The van der Waals surface area contributed by atoms with Crippen molar-refractivity contribution in [1.29, 1.82) is 0 Å². The monoisotopic (exact) mass is 340 g/mol. The van der Waals surface area contributed by atoms with Gasteiger partial charge in [-0.25, -0.2) is 9.37 Å². The summed E-state index contributed by atoms with van der Waals surface area (Å²) in [6.45, 7) is 1.78. The quantitative estimate of drug-likeness (QED) is 0.477. The first-order chi connectivity index (χ1) is 9.51. The van der Waals surface area contributed by atoms with Crippen molar-refractivity contribution >= 4 is 21.6 Å². The molecule has 104 valence electrons. The van der Waals surface area contributed by atoms with Gasteiger partial charge >= 0.3 is 5.69 Å². The number of nitro benzene ring substituents is 1. The smallest absolute Gasteiger partial charge is 0.314 e. The topological polar surface area (TPSA) is 65.3 Å². The minimum absolute atomic E-state index is 0.0430. The molecule has 0 N–H and O–H groups in total. The van der Waals surface area contributed by atoms with Crippen molar-refractivity contribution in [1.82, 2.24) is 4.98 Å². The Morgan fingerprint density at radius 2 is 2.20 bits per heavy atom. The van der Waals surface area contributed by atoms with Gasteiger partial charge in [0.15, 0.2) is 0 Å². The molecular formula is C13H10BrFN2O3. The lowest BCUT2D eigenvalue weighted by atomic mass is 10.2. The molecule has 20 heavy (non-hydrogen) atoms. The molecule has 0 bridgehead atoms. The number of nitro groups is 1. The molecule has 2 rings (SSSR count). The molecule has 0 saturated carbocycles. The van der Waals surface area contributed by atoms with E-state index in [1.165, 1.54) is 6.07 Å². The fourth-order valence-corrected chi connectivity index (χ4v) is 1.93. The Morgan fingerprint density at radius 3 is 2.80 bits per heavy atom. The SMILES string of the molecule is Cc1cc(CBr)cnc1Oc1ccc(F)cc1[N+](=O)[O-].